The van der Waals surface area contributed by atoms with Crippen LogP contribution >= 0.6 is 0 Å². The van der Waals surface area contributed by atoms with Crippen LogP contribution in [0.3, 0.4) is 0 Å². The molecule has 4 aromatic carbocycles. The summed E-state index contributed by atoms with van der Waals surface area (Å²) in [6.07, 6.45) is 4.48. The second-order valence-corrected chi connectivity index (χ2v) is 12.1. The van der Waals surface area contributed by atoms with E-state index in [0.717, 1.165) is 36.1 Å². The average Bonchev–Trinajstić information content (AvgIpc) is 3.56. The zero-order valence-corrected chi connectivity index (χ0v) is 26.9. The van der Waals surface area contributed by atoms with Crippen LogP contribution in [0, 0.1) is 0 Å². The summed E-state index contributed by atoms with van der Waals surface area (Å²) in [5.41, 5.74) is 5.81. The number of carbonyl (C=O) groups excluding carboxylic acids is 2. The number of piperazine rings is 1. The predicted octanol–water partition coefficient (Wildman–Crippen LogP) is 7.54. The summed E-state index contributed by atoms with van der Waals surface area (Å²) in [7, 11) is 0. The zero-order chi connectivity index (χ0) is 33.3. The SMILES string of the molecule is O=C(CCCCc1ccccc1)Nc1ccccc1-n1ccc(C(=O)N2CCN(C(=O)O)CC2Cc2ccccc2)c1-c1ccccc1. The fourth-order valence-corrected chi connectivity index (χ4v) is 6.47. The van der Waals surface area contributed by atoms with Gasteiger partial charge in [0.2, 0.25) is 5.91 Å². The van der Waals surface area contributed by atoms with Crippen molar-refractivity contribution >= 4 is 23.6 Å². The standard InChI is InChI=1S/C40H40N4O4/c45-37(23-13-10-16-30-14-4-1-5-15-30)41-35-21-11-12-22-36(35)44-25-24-34(38(44)32-19-8-3-9-20-32)39(46)43-27-26-42(40(47)48)29-33(43)28-31-17-6-2-7-18-31/h1-9,11-12,14-15,17-22,24-25,33H,10,13,16,23,26-29H2,(H,41,45)(H,47,48). The van der Waals surface area contributed by atoms with Gasteiger partial charge in [0.15, 0.2) is 0 Å². The van der Waals surface area contributed by atoms with Crippen molar-refractivity contribution in [2.24, 2.45) is 0 Å². The van der Waals surface area contributed by atoms with Gasteiger partial charge in [-0.3, -0.25) is 9.59 Å². The third-order valence-electron chi connectivity index (χ3n) is 8.89. The van der Waals surface area contributed by atoms with Crippen molar-refractivity contribution in [2.45, 2.75) is 38.1 Å². The number of amides is 3. The Hall–Kier alpha value is -5.63. The monoisotopic (exact) mass is 640 g/mol. The van der Waals surface area contributed by atoms with Crippen molar-refractivity contribution in [1.82, 2.24) is 14.4 Å². The van der Waals surface area contributed by atoms with Crippen LogP contribution in [0.4, 0.5) is 10.5 Å². The minimum atomic E-state index is -0.980. The highest BCUT2D eigenvalue weighted by Crippen LogP contribution is 2.33. The highest BCUT2D eigenvalue weighted by Gasteiger charge is 2.35. The number of carboxylic acid groups (broad SMARTS) is 1. The average molecular weight is 641 g/mol. The Kier molecular flexibility index (Phi) is 10.3. The van der Waals surface area contributed by atoms with Gasteiger partial charge in [-0.1, -0.05) is 103 Å². The van der Waals surface area contributed by atoms with E-state index in [0.29, 0.717) is 36.3 Å². The van der Waals surface area contributed by atoms with E-state index in [4.69, 9.17) is 0 Å². The number of anilines is 1. The van der Waals surface area contributed by atoms with Crippen molar-refractivity contribution in [3.63, 3.8) is 0 Å². The molecule has 1 fully saturated rings. The van der Waals surface area contributed by atoms with Gasteiger partial charge in [-0.05, 0) is 60.6 Å². The van der Waals surface area contributed by atoms with Gasteiger partial charge in [-0.2, -0.15) is 0 Å². The van der Waals surface area contributed by atoms with E-state index in [1.54, 1.807) is 0 Å². The fraction of sp³-hybridized carbons (Fsp3) is 0.225. The van der Waals surface area contributed by atoms with Crippen LogP contribution in [0.5, 0.6) is 0 Å². The molecule has 5 aromatic rings. The molecule has 1 atom stereocenters. The van der Waals surface area contributed by atoms with Crippen LogP contribution in [0.1, 0.15) is 40.7 Å². The molecule has 8 heteroatoms. The molecule has 1 saturated heterocycles. The van der Waals surface area contributed by atoms with Crippen LogP contribution in [0.25, 0.3) is 16.9 Å². The number of carbonyl (C=O) groups is 3. The molecule has 1 aliphatic heterocycles. The minimum absolute atomic E-state index is 0.0553. The Morgan fingerprint density at radius 2 is 1.38 bits per heavy atom. The molecular weight excluding hydrogens is 600 g/mol. The number of nitrogens with one attached hydrogen (secondary N) is 1. The molecule has 244 valence electrons. The molecule has 1 aromatic heterocycles. The van der Waals surface area contributed by atoms with Crippen molar-refractivity contribution in [2.75, 3.05) is 25.0 Å². The summed E-state index contributed by atoms with van der Waals surface area (Å²) in [6, 6.07) is 39.0. The summed E-state index contributed by atoms with van der Waals surface area (Å²) in [6.45, 7) is 0.768. The van der Waals surface area contributed by atoms with E-state index in [1.165, 1.54) is 10.5 Å². The molecule has 0 spiro atoms. The molecule has 2 heterocycles. The zero-order valence-electron chi connectivity index (χ0n) is 26.9. The normalized spacial score (nSPS) is 14.5. The molecule has 3 amide bonds. The topological polar surface area (TPSA) is 94.9 Å². The molecule has 0 bridgehead atoms. The second kappa shape index (κ2) is 15.3. The van der Waals surface area contributed by atoms with Crippen molar-refractivity contribution in [1.29, 1.82) is 0 Å². The van der Waals surface area contributed by atoms with Crippen molar-refractivity contribution in [3.8, 4) is 16.9 Å². The van der Waals surface area contributed by atoms with Crippen molar-refractivity contribution < 1.29 is 19.5 Å². The summed E-state index contributed by atoms with van der Waals surface area (Å²) < 4.78 is 1.97. The third kappa shape index (κ3) is 7.66. The largest absolute Gasteiger partial charge is 0.465 e. The van der Waals surface area contributed by atoms with Gasteiger partial charge < -0.3 is 24.8 Å². The lowest BCUT2D eigenvalue weighted by Crippen LogP contribution is -2.57. The molecule has 1 aliphatic rings. The van der Waals surface area contributed by atoms with E-state index in [9.17, 15) is 19.5 Å². The summed E-state index contributed by atoms with van der Waals surface area (Å²) >= 11 is 0. The number of hydrogen-bond acceptors (Lipinski definition) is 3. The highest BCUT2D eigenvalue weighted by atomic mass is 16.4. The molecule has 2 N–H and O–H groups in total. The third-order valence-corrected chi connectivity index (χ3v) is 8.89. The number of aromatic nitrogens is 1. The van der Waals surface area contributed by atoms with Gasteiger partial charge in [0.05, 0.1) is 28.7 Å². The van der Waals surface area contributed by atoms with Crippen LogP contribution in [0.15, 0.2) is 128 Å². The molecule has 1 unspecified atom stereocenters. The van der Waals surface area contributed by atoms with Gasteiger partial charge in [0, 0.05) is 32.3 Å². The second-order valence-electron chi connectivity index (χ2n) is 12.1. The van der Waals surface area contributed by atoms with Gasteiger partial charge in [0.25, 0.3) is 5.91 Å². The highest BCUT2D eigenvalue weighted by molar-refractivity contribution is 6.01. The first-order valence-electron chi connectivity index (χ1n) is 16.5. The molecule has 6 rings (SSSR count). The molecular formula is C40H40N4O4. The first kappa shape index (κ1) is 32.3. The van der Waals surface area contributed by atoms with E-state index in [-0.39, 0.29) is 30.9 Å². The molecule has 0 saturated carbocycles. The van der Waals surface area contributed by atoms with Crippen LogP contribution in [0.2, 0.25) is 0 Å². The van der Waals surface area contributed by atoms with Crippen LogP contribution in [-0.4, -0.2) is 63.1 Å². The van der Waals surface area contributed by atoms with Gasteiger partial charge >= 0.3 is 6.09 Å². The summed E-state index contributed by atoms with van der Waals surface area (Å²) in [5, 5.41) is 12.9. The number of aryl methyl sites for hydroxylation is 1. The smallest absolute Gasteiger partial charge is 0.407 e. The molecule has 0 radical (unpaired) electrons. The van der Waals surface area contributed by atoms with E-state index < -0.39 is 6.09 Å². The number of para-hydroxylation sites is 2. The Morgan fingerprint density at radius 1 is 0.729 bits per heavy atom. The van der Waals surface area contributed by atoms with E-state index in [1.807, 2.05) is 125 Å². The first-order valence-corrected chi connectivity index (χ1v) is 16.5. The number of benzene rings is 4. The lowest BCUT2D eigenvalue weighted by Gasteiger charge is -2.40. The van der Waals surface area contributed by atoms with Gasteiger partial charge in [-0.15, -0.1) is 0 Å². The van der Waals surface area contributed by atoms with E-state index in [2.05, 4.69) is 17.4 Å². The fourth-order valence-electron chi connectivity index (χ4n) is 6.47. The molecule has 48 heavy (non-hydrogen) atoms. The molecule has 8 nitrogen and oxygen atoms in total. The summed E-state index contributed by atoms with van der Waals surface area (Å²) in [4.78, 5) is 42.8. The lowest BCUT2D eigenvalue weighted by atomic mass is 10.00. The maximum absolute atomic E-state index is 14.5. The minimum Gasteiger partial charge on any atom is -0.465 e. The Balaban J connectivity index is 1.27. The Morgan fingerprint density at radius 3 is 2.08 bits per heavy atom. The predicted molar refractivity (Wildman–Crippen MR) is 188 cm³/mol. The number of nitrogens with zero attached hydrogens (tertiary/aromatic N) is 3. The van der Waals surface area contributed by atoms with Crippen molar-refractivity contribution in [3.05, 3.63) is 144 Å². The number of hydrogen-bond donors (Lipinski definition) is 2. The maximum atomic E-state index is 14.5. The molecule has 0 aliphatic carbocycles. The Bertz CT molecular complexity index is 1840. The van der Waals surface area contributed by atoms with Crippen LogP contribution in [-0.2, 0) is 17.6 Å². The number of rotatable bonds is 11. The van der Waals surface area contributed by atoms with Gasteiger partial charge in [-0.25, -0.2) is 4.79 Å². The first-order chi connectivity index (χ1) is 23.5. The lowest BCUT2D eigenvalue weighted by molar-refractivity contribution is -0.116. The van der Waals surface area contributed by atoms with Gasteiger partial charge in [0.1, 0.15) is 0 Å². The maximum Gasteiger partial charge on any atom is 0.407 e. The summed E-state index contributed by atoms with van der Waals surface area (Å²) in [5.74, 6) is -0.209. The number of unbranched alkanes of at least 4 members (excludes halogenated alkanes) is 1. The van der Waals surface area contributed by atoms with E-state index >= 15 is 0 Å². The Labute approximate surface area is 281 Å². The van der Waals surface area contributed by atoms with Crippen LogP contribution < -0.4 is 5.32 Å². The quantitative estimate of drug-likeness (QED) is 0.146.